The summed E-state index contributed by atoms with van der Waals surface area (Å²) in [5.74, 6) is -1.66. The number of benzene rings is 1. The largest absolute Gasteiger partial charge is 0.483 e. The summed E-state index contributed by atoms with van der Waals surface area (Å²) >= 11 is 0. The van der Waals surface area contributed by atoms with E-state index in [1.165, 1.54) is 18.2 Å². The molecular formula is C11H11N3O4. The fraction of sp³-hybridized carbons (Fsp3) is 0.182. The molecular weight excluding hydrogens is 238 g/mol. The first kappa shape index (κ1) is 13.3. The molecule has 0 saturated heterocycles. The molecule has 7 nitrogen and oxygen atoms in total. The van der Waals surface area contributed by atoms with Gasteiger partial charge in [-0.05, 0) is 18.2 Å². The van der Waals surface area contributed by atoms with E-state index in [9.17, 15) is 9.59 Å². The minimum Gasteiger partial charge on any atom is -0.483 e. The van der Waals surface area contributed by atoms with Crippen LogP contribution in [0.25, 0.3) is 0 Å². The van der Waals surface area contributed by atoms with Gasteiger partial charge < -0.3 is 20.9 Å². The van der Waals surface area contributed by atoms with Crippen LogP contribution in [0, 0.1) is 11.3 Å². The molecule has 0 saturated carbocycles. The van der Waals surface area contributed by atoms with Crippen molar-refractivity contribution in [1.29, 1.82) is 5.26 Å². The number of nitrogen functional groups attached to an aromatic ring is 1. The molecule has 0 spiro atoms. The van der Waals surface area contributed by atoms with Gasteiger partial charge in [-0.1, -0.05) is 0 Å². The fourth-order valence-corrected chi connectivity index (χ4v) is 1.17. The summed E-state index contributed by atoms with van der Waals surface area (Å²) in [5.41, 5.74) is 5.62. The van der Waals surface area contributed by atoms with Crippen LogP contribution >= 0.6 is 0 Å². The van der Waals surface area contributed by atoms with Crippen LogP contribution in [0.1, 0.15) is 10.4 Å². The normalized spacial score (nSPS) is 9.28. The molecule has 0 radical (unpaired) electrons. The Hall–Kier alpha value is -2.75. The maximum Gasteiger partial charge on any atom is 0.339 e. The highest BCUT2D eigenvalue weighted by Gasteiger charge is 2.12. The van der Waals surface area contributed by atoms with Crippen LogP contribution in [-0.2, 0) is 4.79 Å². The van der Waals surface area contributed by atoms with Crippen molar-refractivity contribution in [2.75, 3.05) is 18.9 Å². The van der Waals surface area contributed by atoms with Crippen LogP contribution in [0.5, 0.6) is 5.75 Å². The minimum absolute atomic E-state index is 0.0452. The van der Waals surface area contributed by atoms with Crippen molar-refractivity contribution in [3.05, 3.63) is 23.8 Å². The number of carboxylic acid groups (broad SMARTS) is 1. The average molecular weight is 249 g/mol. The Labute approximate surface area is 103 Å². The highest BCUT2D eigenvalue weighted by molar-refractivity contribution is 5.92. The quantitative estimate of drug-likeness (QED) is 0.497. The third-order valence-corrected chi connectivity index (χ3v) is 1.96. The number of carboxylic acids is 1. The molecule has 1 aromatic rings. The maximum atomic E-state index is 11.2. The topological polar surface area (TPSA) is 125 Å². The van der Waals surface area contributed by atoms with Crippen molar-refractivity contribution >= 4 is 17.6 Å². The van der Waals surface area contributed by atoms with Gasteiger partial charge in [0.15, 0.2) is 6.61 Å². The lowest BCUT2D eigenvalue weighted by Gasteiger charge is -2.09. The van der Waals surface area contributed by atoms with E-state index in [-0.39, 0.29) is 30.2 Å². The minimum atomic E-state index is -1.20. The lowest BCUT2D eigenvalue weighted by Crippen LogP contribution is -2.29. The van der Waals surface area contributed by atoms with E-state index in [2.05, 4.69) is 5.32 Å². The summed E-state index contributed by atoms with van der Waals surface area (Å²) < 4.78 is 5.05. The Bertz CT molecular complexity index is 508. The summed E-state index contributed by atoms with van der Waals surface area (Å²) in [6, 6.07) is 5.82. The maximum absolute atomic E-state index is 11.2. The number of nitriles is 1. The number of nitrogens with one attached hydrogen (secondary N) is 1. The zero-order valence-electron chi connectivity index (χ0n) is 9.34. The second-order valence-corrected chi connectivity index (χ2v) is 3.28. The average Bonchev–Trinajstić information content (AvgIpc) is 2.34. The van der Waals surface area contributed by atoms with Gasteiger partial charge in [-0.3, -0.25) is 4.79 Å². The fourth-order valence-electron chi connectivity index (χ4n) is 1.17. The van der Waals surface area contributed by atoms with Crippen LogP contribution in [-0.4, -0.2) is 30.1 Å². The molecule has 1 aromatic carbocycles. The van der Waals surface area contributed by atoms with Gasteiger partial charge in [-0.15, -0.1) is 0 Å². The number of amides is 1. The van der Waals surface area contributed by atoms with Crippen LogP contribution in [0.15, 0.2) is 18.2 Å². The molecule has 0 aromatic heterocycles. The third kappa shape index (κ3) is 3.68. The number of hydrogen-bond acceptors (Lipinski definition) is 5. The number of carbonyl (C=O) groups is 2. The molecule has 0 unspecified atom stereocenters. The second-order valence-electron chi connectivity index (χ2n) is 3.28. The molecule has 0 aliphatic heterocycles. The van der Waals surface area contributed by atoms with E-state index in [4.69, 9.17) is 20.8 Å². The summed E-state index contributed by atoms with van der Waals surface area (Å²) in [6.07, 6.45) is 0. The highest BCUT2D eigenvalue weighted by atomic mass is 16.5. The number of aromatic carboxylic acids is 1. The zero-order valence-corrected chi connectivity index (χ0v) is 9.34. The van der Waals surface area contributed by atoms with Crippen LogP contribution in [0.4, 0.5) is 5.69 Å². The number of rotatable bonds is 5. The number of carbonyl (C=O) groups excluding carboxylic acids is 1. The van der Waals surface area contributed by atoms with E-state index in [1.807, 2.05) is 0 Å². The molecule has 18 heavy (non-hydrogen) atoms. The molecule has 0 heterocycles. The lowest BCUT2D eigenvalue weighted by atomic mass is 10.2. The van der Waals surface area contributed by atoms with Gasteiger partial charge in [0.05, 0.1) is 6.07 Å². The van der Waals surface area contributed by atoms with E-state index in [0.717, 1.165) is 0 Å². The summed E-state index contributed by atoms with van der Waals surface area (Å²) in [7, 11) is 0. The van der Waals surface area contributed by atoms with E-state index < -0.39 is 11.9 Å². The van der Waals surface area contributed by atoms with E-state index in [1.54, 1.807) is 6.07 Å². The van der Waals surface area contributed by atoms with Crippen molar-refractivity contribution < 1.29 is 19.4 Å². The first-order valence-electron chi connectivity index (χ1n) is 4.94. The number of nitrogens with zero attached hydrogens (tertiary/aromatic N) is 1. The van der Waals surface area contributed by atoms with Gasteiger partial charge in [-0.2, -0.15) is 5.26 Å². The first-order chi connectivity index (χ1) is 8.54. The van der Waals surface area contributed by atoms with Gasteiger partial charge in [0, 0.05) is 5.69 Å². The number of ether oxygens (including phenoxy) is 1. The van der Waals surface area contributed by atoms with Crippen molar-refractivity contribution in [2.24, 2.45) is 0 Å². The Balaban J connectivity index is 2.70. The Morgan fingerprint density at radius 2 is 2.22 bits per heavy atom. The molecule has 4 N–H and O–H groups in total. The van der Waals surface area contributed by atoms with Crippen molar-refractivity contribution in [3.8, 4) is 11.8 Å². The van der Waals surface area contributed by atoms with E-state index >= 15 is 0 Å². The Morgan fingerprint density at radius 1 is 1.50 bits per heavy atom. The van der Waals surface area contributed by atoms with Gasteiger partial charge >= 0.3 is 5.97 Å². The van der Waals surface area contributed by atoms with Gasteiger partial charge in [0.2, 0.25) is 0 Å². The monoisotopic (exact) mass is 249 g/mol. The number of nitrogens with two attached hydrogens (primary N) is 1. The van der Waals surface area contributed by atoms with Crippen LogP contribution in [0.2, 0.25) is 0 Å². The molecule has 7 heteroatoms. The van der Waals surface area contributed by atoms with Gasteiger partial charge in [-0.25, -0.2) is 4.79 Å². The molecule has 1 rings (SSSR count). The molecule has 0 atom stereocenters. The summed E-state index contributed by atoms with van der Waals surface area (Å²) in [6.45, 7) is -0.498. The van der Waals surface area contributed by atoms with Gasteiger partial charge in [0.1, 0.15) is 17.9 Å². The molecule has 0 aliphatic carbocycles. The van der Waals surface area contributed by atoms with Crippen LogP contribution in [0.3, 0.4) is 0 Å². The smallest absolute Gasteiger partial charge is 0.339 e. The third-order valence-electron chi connectivity index (χ3n) is 1.96. The predicted molar refractivity (Wildman–Crippen MR) is 61.9 cm³/mol. The van der Waals surface area contributed by atoms with Crippen molar-refractivity contribution in [1.82, 2.24) is 5.32 Å². The molecule has 1 amide bonds. The SMILES string of the molecule is N#CCNC(=O)COc1ccc(N)cc1C(=O)O. The second kappa shape index (κ2) is 6.10. The Kier molecular flexibility index (Phi) is 4.51. The molecule has 0 aliphatic rings. The molecule has 0 fully saturated rings. The number of anilines is 1. The van der Waals surface area contributed by atoms with Crippen molar-refractivity contribution in [3.63, 3.8) is 0 Å². The zero-order chi connectivity index (χ0) is 13.5. The van der Waals surface area contributed by atoms with Gasteiger partial charge in [0.25, 0.3) is 5.91 Å². The highest BCUT2D eigenvalue weighted by Crippen LogP contribution is 2.21. The van der Waals surface area contributed by atoms with Crippen molar-refractivity contribution in [2.45, 2.75) is 0 Å². The first-order valence-corrected chi connectivity index (χ1v) is 4.94. The Morgan fingerprint density at radius 3 is 2.83 bits per heavy atom. The summed E-state index contributed by atoms with van der Waals surface area (Å²) in [4.78, 5) is 22.1. The van der Waals surface area contributed by atoms with E-state index in [0.29, 0.717) is 0 Å². The van der Waals surface area contributed by atoms with Crippen LogP contribution < -0.4 is 15.8 Å². The molecule has 94 valence electrons. The molecule has 0 bridgehead atoms. The number of hydrogen-bond donors (Lipinski definition) is 3. The lowest BCUT2D eigenvalue weighted by molar-refractivity contribution is -0.122. The standard InChI is InChI=1S/C11H11N3O4/c12-3-4-14-10(15)6-18-9-2-1-7(13)5-8(9)11(16)17/h1-2,5H,4,6,13H2,(H,14,15)(H,16,17). The summed E-state index contributed by atoms with van der Waals surface area (Å²) in [5, 5.41) is 19.4. The predicted octanol–water partition coefficient (Wildman–Crippen LogP) is -0.0144.